The van der Waals surface area contributed by atoms with Gasteiger partial charge in [-0.1, -0.05) is 64.0 Å². The molecule has 0 fully saturated rings. The number of nitrogens with two attached hydrogens (primary N) is 1. The molecule has 1 atom stereocenters. The van der Waals surface area contributed by atoms with Crippen LogP contribution in [0.4, 0.5) is 0 Å². The van der Waals surface area contributed by atoms with Crippen LogP contribution >= 0.6 is 15.9 Å². The second-order valence-corrected chi connectivity index (χ2v) is 5.55. The summed E-state index contributed by atoms with van der Waals surface area (Å²) in [5, 5.41) is 2.86. The maximum atomic E-state index is 12.1. The fraction of sp³-hybridized carbons (Fsp3) is 0.188. The quantitative estimate of drug-likeness (QED) is 0.903. The Bertz CT molecular complexity index is 596. The zero-order valence-electron chi connectivity index (χ0n) is 11.3. The molecule has 20 heavy (non-hydrogen) atoms. The molecule has 0 spiro atoms. The highest BCUT2D eigenvalue weighted by Crippen LogP contribution is 2.16. The van der Waals surface area contributed by atoms with Crippen LogP contribution in [-0.2, 0) is 11.3 Å². The largest absolute Gasteiger partial charge is 0.350 e. The van der Waals surface area contributed by atoms with Gasteiger partial charge in [0.2, 0.25) is 5.91 Å². The summed E-state index contributed by atoms with van der Waals surface area (Å²) in [6, 6.07) is 14.8. The Kier molecular flexibility index (Phi) is 4.93. The molecule has 2 aromatic rings. The summed E-state index contributed by atoms with van der Waals surface area (Å²) in [5.74, 6) is -0.176. The first-order valence-corrected chi connectivity index (χ1v) is 7.20. The van der Waals surface area contributed by atoms with Crippen LogP contribution in [0, 0.1) is 6.92 Å². The molecule has 0 radical (unpaired) electrons. The highest BCUT2D eigenvalue weighted by molar-refractivity contribution is 9.10. The van der Waals surface area contributed by atoms with Crippen molar-refractivity contribution in [1.29, 1.82) is 0 Å². The molecule has 0 bridgehead atoms. The van der Waals surface area contributed by atoms with E-state index >= 15 is 0 Å². The van der Waals surface area contributed by atoms with Crippen LogP contribution in [-0.4, -0.2) is 5.91 Å². The second kappa shape index (κ2) is 6.68. The average Bonchev–Trinajstić information content (AvgIpc) is 2.46. The average molecular weight is 333 g/mol. The molecule has 2 rings (SSSR count). The normalized spacial score (nSPS) is 11.9. The molecule has 0 aliphatic rings. The van der Waals surface area contributed by atoms with Gasteiger partial charge in [-0.05, 0) is 24.1 Å². The lowest BCUT2D eigenvalue weighted by Gasteiger charge is -2.13. The first-order valence-electron chi connectivity index (χ1n) is 6.41. The number of hydrogen-bond acceptors (Lipinski definition) is 2. The molecule has 0 saturated carbocycles. The lowest BCUT2D eigenvalue weighted by molar-refractivity contribution is -0.122. The third-order valence-corrected chi connectivity index (χ3v) is 3.90. The smallest absolute Gasteiger partial charge is 0.241 e. The van der Waals surface area contributed by atoms with Crippen LogP contribution in [0.1, 0.15) is 22.7 Å². The Morgan fingerprint density at radius 2 is 1.85 bits per heavy atom. The third-order valence-electron chi connectivity index (χ3n) is 3.13. The number of halogens is 1. The Labute approximate surface area is 127 Å². The van der Waals surface area contributed by atoms with E-state index in [-0.39, 0.29) is 5.91 Å². The standard InChI is InChI=1S/C16H17BrN2O/c1-11-6-8-12(9-7-11)15(18)16(20)19-10-13-4-2-3-5-14(13)17/h2-9,15H,10,18H2,1H3,(H,19,20). The predicted molar refractivity (Wildman–Crippen MR) is 84.1 cm³/mol. The van der Waals surface area contributed by atoms with Crippen molar-refractivity contribution < 1.29 is 4.79 Å². The number of aryl methyl sites for hydroxylation is 1. The van der Waals surface area contributed by atoms with Gasteiger partial charge in [-0.15, -0.1) is 0 Å². The minimum absolute atomic E-state index is 0.176. The maximum absolute atomic E-state index is 12.1. The predicted octanol–water partition coefficient (Wildman–Crippen LogP) is 3.07. The molecule has 1 unspecified atom stereocenters. The molecule has 0 aliphatic heterocycles. The van der Waals surface area contributed by atoms with Crippen molar-refractivity contribution in [1.82, 2.24) is 5.32 Å². The molecule has 0 aliphatic carbocycles. The minimum Gasteiger partial charge on any atom is -0.350 e. The van der Waals surface area contributed by atoms with Gasteiger partial charge in [-0.25, -0.2) is 0 Å². The summed E-state index contributed by atoms with van der Waals surface area (Å²) in [7, 11) is 0. The van der Waals surface area contributed by atoms with Gasteiger partial charge >= 0.3 is 0 Å². The molecule has 4 heteroatoms. The van der Waals surface area contributed by atoms with Crippen LogP contribution in [0.2, 0.25) is 0 Å². The molecule has 0 saturated heterocycles. The van der Waals surface area contributed by atoms with Gasteiger partial charge in [-0.3, -0.25) is 4.79 Å². The topological polar surface area (TPSA) is 55.1 Å². The first-order chi connectivity index (χ1) is 9.58. The number of rotatable bonds is 4. The Morgan fingerprint density at radius 3 is 2.50 bits per heavy atom. The second-order valence-electron chi connectivity index (χ2n) is 4.70. The zero-order chi connectivity index (χ0) is 14.5. The SMILES string of the molecule is Cc1ccc(C(N)C(=O)NCc2ccccc2Br)cc1. The van der Waals surface area contributed by atoms with Crippen LogP contribution in [0.3, 0.4) is 0 Å². The fourth-order valence-electron chi connectivity index (χ4n) is 1.86. The summed E-state index contributed by atoms with van der Waals surface area (Å²) < 4.78 is 0.976. The maximum Gasteiger partial charge on any atom is 0.241 e. The fourth-order valence-corrected chi connectivity index (χ4v) is 2.28. The number of benzene rings is 2. The molecular formula is C16H17BrN2O. The Balaban J connectivity index is 1.98. The van der Waals surface area contributed by atoms with Crippen LogP contribution in [0.15, 0.2) is 53.0 Å². The summed E-state index contributed by atoms with van der Waals surface area (Å²) in [4.78, 5) is 12.1. The third kappa shape index (κ3) is 3.68. The van der Waals surface area contributed by atoms with Crippen molar-refractivity contribution in [2.24, 2.45) is 5.73 Å². The van der Waals surface area contributed by atoms with Gasteiger partial charge in [0.1, 0.15) is 6.04 Å². The van der Waals surface area contributed by atoms with E-state index in [9.17, 15) is 4.79 Å². The highest BCUT2D eigenvalue weighted by Gasteiger charge is 2.15. The van der Waals surface area contributed by atoms with E-state index in [0.29, 0.717) is 6.54 Å². The molecular weight excluding hydrogens is 316 g/mol. The molecule has 0 aromatic heterocycles. The van der Waals surface area contributed by atoms with Crippen molar-refractivity contribution in [2.45, 2.75) is 19.5 Å². The van der Waals surface area contributed by atoms with E-state index in [1.54, 1.807) is 0 Å². The van der Waals surface area contributed by atoms with Gasteiger partial charge in [0.25, 0.3) is 0 Å². The van der Waals surface area contributed by atoms with E-state index < -0.39 is 6.04 Å². The van der Waals surface area contributed by atoms with Gasteiger partial charge in [0.15, 0.2) is 0 Å². The van der Waals surface area contributed by atoms with E-state index in [2.05, 4.69) is 21.2 Å². The molecule has 3 N–H and O–H groups in total. The van der Waals surface area contributed by atoms with Gasteiger partial charge < -0.3 is 11.1 Å². The number of carbonyl (C=O) groups excluding carboxylic acids is 1. The van der Waals surface area contributed by atoms with Crippen LogP contribution < -0.4 is 11.1 Å². The number of nitrogens with one attached hydrogen (secondary N) is 1. The molecule has 1 amide bonds. The number of carbonyl (C=O) groups is 1. The van der Waals surface area contributed by atoms with Crippen LogP contribution in [0.5, 0.6) is 0 Å². The summed E-state index contributed by atoms with van der Waals surface area (Å²) >= 11 is 3.45. The number of amides is 1. The lowest BCUT2D eigenvalue weighted by Crippen LogP contribution is -2.33. The molecule has 3 nitrogen and oxygen atoms in total. The monoisotopic (exact) mass is 332 g/mol. The van der Waals surface area contributed by atoms with Crippen molar-refractivity contribution in [3.8, 4) is 0 Å². The van der Waals surface area contributed by atoms with Gasteiger partial charge in [0.05, 0.1) is 0 Å². The van der Waals surface area contributed by atoms with E-state index in [1.807, 2.05) is 55.5 Å². The van der Waals surface area contributed by atoms with Crippen molar-refractivity contribution >= 4 is 21.8 Å². The van der Waals surface area contributed by atoms with Gasteiger partial charge in [0, 0.05) is 11.0 Å². The van der Waals surface area contributed by atoms with E-state index in [1.165, 1.54) is 0 Å². The Hall–Kier alpha value is -1.65. The number of hydrogen-bond donors (Lipinski definition) is 2. The van der Waals surface area contributed by atoms with Crippen molar-refractivity contribution in [2.75, 3.05) is 0 Å². The molecule has 0 heterocycles. The van der Waals surface area contributed by atoms with E-state index in [0.717, 1.165) is 21.2 Å². The minimum atomic E-state index is -0.641. The zero-order valence-corrected chi connectivity index (χ0v) is 12.9. The summed E-state index contributed by atoms with van der Waals surface area (Å²) in [6.07, 6.45) is 0. The van der Waals surface area contributed by atoms with Crippen molar-refractivity contribution in [3.05, 3.63) is 69.7 Å². The van der Waals surface area contributed by atoms with Crippen LogP contribution in [0.25, 0.3) is 0 Å². The summed E-state index contributed by atoms with van der Waals surface area (Å²) in [5.41, 5.74) is 8.96. The van der Waals surface area contributed by atoms with Gasteiger partial charge in [-0.2, -0.15) is 0 Å². The lowest BCUT2D eigenvalue weighted by atomic mass is 10.1. The molecule has 104 valence electrons. The highest BCUT2D eigenvalue weighted by atomic mass is 79.9. The van der Waals surface area contributed by atoms with E-state index in [4.69, 9.17) is 5.73 Å². The molecule has 2 aromatic carbocycles. The van der Waals surface area contributed by atoms with Crippen molar-refractivity contribution in [3.63, 3.8) is 0 Å². The first kappa shape index (κ1) is 14.8. The Morgan fingerprint density at radius 1 is 1.20 bits per heavy atom. The summed E-state index contributed by atoms with van der Waals surface area (Å²) in [6.45, 7) is 2.46.